The van der Waals surface area contributed by atoms with Crippen LogP contribution in [0.5, 0.6) is 0 Å². The van der Waals surface area contributed by atoms with Gasteiger partial charge in [0.25, 0.3) is 0 Å². The van der Waals surface area contributed by atoms with Gasteiger partial charge in [-0.3, -0.25) is 0 Å². The molecule has 0 saturated heterocycles. The number of urea groups is 1. The zero-order chi connectivity index (χ0) is 16.6. The molecule has 0 spiro atoms. The zero-order valence-electron chi connectivity index (χ0n) is 12.7. The molecule has 2 rings (SSSR count). The Morgan fingerprint density at radius 2 is 1.86 bits per heavy atom. The van der Waals surface area contributed by atoms with E-state index in [1.165, 1.54) is 16.9 Å². The highest BCUT2D eigenvalue weighted by atomic mass is 35.5. The van der Waals surface area contributed by atoms with Crippen LogP contribution in [0.1, 0.15) is 18.5 Å². The first kappa shape index (κ1) is 16.6. The molecule has 0 fully saturated rings. The number of rotatable bonds is 2. The molecule has 0 saturated carbocycles. The van der Waals surface area contributed by atoms with E-state index in [1.807, 2.05) is 0 Å². The number of amides is 2. The second-order valence-corrected chi connectivity index (χ2v) is 5.83. The minimum absolute atomic E-state index is 0.221. The molecular formula is C15H16Cl2N2O3. The van der Waals surface area contributed by atoms with Gasteiger partial charge in [-0.2, -0.15) is 0 Å². The van der Waals surface area contributed by atoms with E-state index in [4.69, 9.17) is 27.9 Å². The van der Waals surface area contributed by atoms with Crippen LogP contribution in [-0.2, 0) is 9.53 Å². The van der Waals surface area contributed by atoms with Crippen LogP contribution in [0.25, 0.3) is 0 Å². The molecule has 0 aliphatic carbocycles. The minimum Gasteiger partial charge on any atom is -0.466 e. The van der Waals surface area contributed by atoms with E-state index in [9.17, 15) is 9.59 Å². The van der Waals surface area contributed by atoms with Gasteiger partial charge in [0, 0.05) is 19.8 Å². The van der Waals surface area contributed by atoms with Crippen LogP contribution in [0.4, 0.5) is 4.79 Å². The molecular weight excluding hydrogens is 327 g/mol. The second-order valence-electron chi connectivity index (χ2n) is 5.02. The topological polar surface area (TPSA) is 49.9 Å². The van der Waals surface area contributed by atoms with E-state index in [2.05, 4.69) is 0 Å². The lowest BCUT2D eigenvalue weighted by Gasteiger charge is -2.39. The van der Waals surface area contributed by atoms with Crippen LogP contribution in [0.3, 0.4) is 0 Å². The fourth-order valence-electron chi connectivity index (χ4n) is 2.50. The Bertz CT molecular complexity index is 673. The van der Waals surface area contributed by atoms with Crippen molar-refractivity contribution < 1.29 is 14.3 Å². The maximum atomic E-state index is 12.3. The number of hydrogen-bond donors (Lipinski definition) is 0. The summed E-state index contributed by atoms with van der Waals surface area (Å²) in [6.45, 7) is 1.71. The molecule has 0 N–H and O–H groups in total. The molecule has 2 amide bonds. The second kappa shape index (κ2) is 6.18. The number of carbonyl (C=O) groups excluding carboxylic acids is 2. The maximum absolute atomic E-state index is 12.3. The van der Waals surface area contributed by atoms with Gasteiger partial charge >= 0.3 is 12.0 Å². The van der Waals surface area contributed by atoms with Crippen molar-refractivity contribution in [2.24, 2.45) is 0 Å². The van der Waals surface area contributed by atoms with E-state index < -0.39 is 12.0 Å². The highest BCUT2D eigenvalue weighted by Gasteiger charge is 2.39. The van der Waals surface area contributed by atoms with E-state index in [0.717, 1.165) is 0 Å². The van der Waals surface area contributed by atoms with Crippen molar-refractivity contribution in [2.45, 2.75) is 13.0 Å². The van der Waals surface area contributed by atoms with Crippen molar-refractivity contribution in [3.05, 3.63) is 45.1 Å². The molecule has 118 valence electrons. The molecule has 0 unspecified atom stereocenters. The summed E-state index contributed by atoms with van der Waals surface area (Å²) >= 11 is 12.0. The Hall–Kier alpha value is -1.72. The summed E-state index contributed by atoms with van der Waals surface area (Å²) < 4.78 is 4.88. The molecule has 1 atom stereocenters. The fraction of sp³-hybridized carbons (Fsp3) is 0.333. The monoisotopic (exact) mass is 342 g/mol. The number of ether oxygens (including phenoxy) is 1. The van der Waals surface area contributed by atoms with Crippen LogP contribution in [0.2, 0.25) is 10.0 Å². The van der Waals surface area contributed by atoms with Crippen molar-refractivity contribution in [3.63, 3.8) is 0 Å². The van der Waals surface area contributed by atoms with Gasteiger partial charge < -0.3 is 14.5 Å². The van der Waals surface area contributed by atoms with Crippen molar-refractivity contribution in [1.29, 1.82) is 0 Å². The minimum atomic E-state index is -0.578. The van der Waals surface area contributed by atoms with Gasteiger partial charge in [-0.15, -0.1) is 0 Å². The summed E-state index contributed by atoms with van der Waals surface area (Å²) in [5, 5.41) is 0.772. The summed E-state index contributed by atoms with van der Waals surface area (Å²) in [7, 11) is 4.55. The van der Waals surface area contributed by atoms with Gasteiger partial charge in [0.05, 0.1) is 28.8 Å². The van der Waals surface area contributed by atoms with Crippen molar-refractivity contribution >= 4 is 35.2 Å². The highest BCUT2D eigenvalue weighted by Crippen LogP contribution is 2.38. The third-order valence-corrected chi connectivity index (χ3v) is 4.55. The predicted molar refractivity (Wildman–Crippen MR) is 84.8 cm³/mol. The quantitative estimate of drug-likeness (QED) is 0.773. The van der Waals surface area contributed by atoms with Gasteiger partial charge in [0.15, 0.2) is 0 Å². The van der Waals surface area contributed by atoms with E-state index in [0.29, 0.717) is 26.9 Å². The van der Waals surface area contributed by atoms with Gasteiger partial charge in [-0.25, -0.2) is 9.59 Å². The molecule has 1 aliphatic heterocycles. The van der Waals surface area contributed by atoms with Gasteiger partial charge in [-0.05, 0) is 24.6 Å². The Kier molecular flexibility index (Phi) is 4.68. The average Bonchev–Trinajstić information content (AvgIpc) is 2.50. The largest absolute Gasteiger partial charge is 0.466 e. The van der Waals surface area contributed by atoms with Crippen LogP contribution < -0.4 is 0 Å². The summed E-state index contributed by atoms with van der Waals surface area (Å²) in [4.78, 5) is 27.4. The Morgan fingerprint density at radius 1 is 1.23 bits per heavy atom. The molecule has 0 bridgehead atoms. The first-order chi connectivity index (χ1) is 10.3. The Labute approximate surface area is 139 Å². The van der Waals surface area contributed by atoms with Crippen LogP contribution in [0, 0.1) is 0 Å². The molecule has 22 heavy (non-hydrogen) atoms. The SMILES string of the molecule is COC(=O)C1=C(C)N(C)C(=O)N(C)[C@H]1c1ccc(Cl)c(Cl)c1. The van der Waals surface area contributed by atoms with E-state index in [-0.39, 0.29) is 6.03 Å². The number of benzene rings is 1. The molecule has 1 aromatic rings. The lowest BCUT2D eigenvalue weighted by atomic mass is 9.94. The lowest BCUT2D eigenvalue weighted by Crippen LogP contribution is -2.47. The smallest absolute Gasteiger partial charge is 0.337 e. The van der Waals surface area contributed by atoms with Crippen molar-refractivity contribution in [2.75, 3.05) is 21.2 Å². The Balaban J connectivity index is 2.65. The van der Waals surface area contributed by atoms with Crippen molar-refractivity contribution in [1.82, 2.24) is 9.80 Å². The molecule has 5 nitrogen and oxygen atoms in total. The van der Waals surface area contributed by atoms with Gasteiger partial charge in [-0.1, -0.05) is 29.3 Å². The van der Waals surface area contributed by atoms with Crippen molar-refractivity contribution in [3.8, 4) is 0 Å². The standard InChI is InChI=1S/C15H16Cl2N2O3/c1-8-12(14(20)22-4)13(19(3)15(21)18(8)2)9-5-6-10(16)11(17)7-9/h5-7,13H,1-4H3/t13-/m0/s1. The van der Waals surface area contributed by atoms with Crippen LogP contribution in [0.15, 0.2) is 29.5 Å². The summed E-state index contributed by atoms with van der Waals surface area (Å²) in [6.07, 6.45) is 0. The highest BCUT2D eigenvalue weighted by molar-refractivity contribution is 6.42. The van der Waals surface area contributed by atoms with Crippen LogP contribution >= 0.6 is 23.2 Å². The number of carbonyl (C=O) groups is 2. The normalized spacial score (nSPS) is 18.8. The summed E-state index contributed by atoms with van der Waals surface area (Å²) in [6, 6.07) is 4.23. The number of halogens is 2. The van der Waals surface area contributed by atoms with Gasteiger partial charge in [0.1, 0.15) is 0 Å². The molecule has 1 aromatic carbocycles. The maximum Gasteiger partial charge on any atom is 0.337 e. The first-order valence-electron chi connectivity index (χ1n) is 6.54. The predicted octanol–water partition coefficient (Wildman–Crippen LogP) is 3.48. The molecule has 7 heteroatoms. The lowest BCUT2D eigenvalue weighted by molar-refractivity contribution is -0.137. The molecule has 0 radical (unpaired) electrons. The number of likely N-dealkylation sites (N-methyl/N-ethyl adjacent to an activating group) is 1. The van der Waals surface area contributed by atoms with Gasteiger partial charge in [0.2, 0.25) is 0 Å². The summed E-state index contributed by atoms with van der Waals surface area (Å²) in [5.41, 5.74) is 1.63. The van der Waals surface area contributed by atoms with Crippen LogP contribution in [-0.4, -0.2) is 43.0 Å². The molecule has 1 aliphatic rings. The number of nitrogens with zero attached hydrogens (tertiary/aromatic N) is 2. The first-order valence-corrected chi connectivity index (χ1v) is 7.29. The van der Waals surface area contributed by atoms with E-state index in [1.54, 1.807) is 39.2 Å². The number of methoxy groups -OCH3 is 1. The zero-order valence-corrected chi connectivity index (χ0v) is 14.2. The molecule has 0 aromatic heterocycles. The fourth-order valence-corrected chi connectivity index (χ4v) is 2.81. The third kappa shape index (κ3) is 2.66. The number of esters is 1. The number of hydrogen-bond acceptors (Lipinski definition) is 3. The summed E-state index contributed by atoms with van der Waals surface area (Å²) in [5.74, 6) is -0.486. The third-order valence-electron chi connectivity index (χ3n) is 3.81. The molecule has 1 heterocycles. The Morgan fingerprint density at radius 3 is 2.41 bits per heavy atom. The average molecular weight is 343 g/mol. The van der Waals surface area contributed by atoms with E-state index >= 15 is 0 Å². The number of allylic oxidation sites excluding steroid dienone is 1.